The second kappa shape index (κ2) is 10.6. The number of esters is 2. The molecule has 1 aliphatic rings. The van der Waals surface area contributed by atoms with Crippen LogP contribution in [0.3, 0.4) is 0 Å². The highest BCUT2D eigenvalue weighted by Crippen LogP contribution is 2.40. The summed E-state index contributed by atoms with van der Waals surface area (Å²) in [6, 6.07) is 0. The summed E-state index contributed by atoms with van der Waals surface area (Å²) in [5.41, 5.74) is 4.52. The van der Waals surface area contributed by atoms with Gasteiger partial charge in [-0.15, -0.1) is 6.42 Å². The van der Waals surface area contributed by atoms with E-state index in [4.69, 9.17) is 26.4 Å². The van der Waals surface area contributed by atoms with E-state index in [9.17, 15) is 14.0 Å². The van der Waals surface area contributed by atoms with Gasteiger partial charge in [0.05, 0.1) is 6.33 Å². The molecular weight excluding hydrogens is 433 g/mol. The van der Waals surface area contributed by atoms with E-state index < -0.39 is 35.9 Å². The number of anilines is 1. The molecule has 3 rings (SSSR count). The normalized spacial score (nSPS) is 22.2. The highest BCUT2D eigenvalue weighted by molar-refractivity contribution is 5.81. The molecule has 10 nitrogen and oxygen atoms in total. The molecule has 2 aromatic rings. The van der Waals surface area contributed by atoms with Gasteiger partial charge in [-0.1, -0.05) is 32.6 Å². The Bertz CT molecular complexity index is 1050. The number of nitrogens with two attached hydrogens (primary N) is 1. The molecule has 3 atom stereocenters. The Kier molecular flexibility index (Phi) is 7.81. The standard InChI is InChI=1S/C22H28FN5O5/c1-4-7-9-16(29)31-12-22(6-3)14(32-17(30)10-8-5-2)11-15(33-22)28-13-25-18-19(24)26-21(23)27-20(18)28/h3,13-15H,4-5,7-12H2,1-2H3,(H2,24,26,27)/t14-,15+,22?/m0/s1. The van der Waals surface area contributed by atoms with Gasteiger partial charge >= 0.3 is 18.0 Å². The number of fused-ring (bicyclic) bond motifs is 1. The minimum Gasteiger partial charge on any atom is -0.461 e. The van der Waals surface area contributed by atoms with Crippen molar-refractivity contribution in [1.82, 2.24) is 19.5 Å². The van der Waals surface area contributed by atoms with Gasteiger partial charge < -0.3 is 19.9 Å². The lowest BCUT2D eigenvalue weighted by molar-refractivity contribution is -0.166. The lowest BCUT2D eigenvalue weighted by Crippen LogP contribution is -2.45. The van der Waals surface area contributed by atoms with E-state index in [1.807, 2.05) is 13.8 Å². The average Bonchev–Trinajstić information content (AvgIpc) is 3.36. The number of terminal acetylenes is 1. The number of nitrogen functional groups attached to an aromatic ring is 1. The number of halogens is 1. The van der Waals surface area contributed by atoms with Crippen molar-refractivity contribution >= 4 is 28.9 Å². The number of nitrogens with zero attached hydrogens (tertiary/aromatic N) is 4. The molecule has 11 heteroatoms. The summed E-state index contributed by atoms with van der Waals surface area (Å²) in [4.78, 5) is 35.8. The summed E-state index contributed by atoms with van der Waals surface area (Å²) < 4.78 is 32.4. The Morgan fingerprint density at radius 2 is 2.00 bits per heavy atom. The lowest BCUT2D eigenvalue weighted by Gasteiger charge is -2.28. The van der Waals surface area contributed by atoms with Crippen molar-refractivity contribution in [3.8, 4) is 12.3 Å². The summed E-state index contributed by atoms with van der Waals surface area (Å²) >= 11 is 0. The van der Waals surface area contributed by atoms with Gasteiger partial charge in [0.25, 0.3) is 0 Å². The zero-order chi connectivity index (χ0) is 24.0. The average molecular weight is 461 g/mol. The van der Waals surface area contributed by atoms with E-state index >= 15 is 0 Å². The first-order valence-corrected chi connectivity index (χ1v) is 11.0. The maximum atomic E-state index is 13.8. The molecule has 0 amide bonds. The third-order valence-corrected chi connectivity index (χ3v) is 5.45. The van der Waals surface area contributed by atoms with Gasteiger partial charge in [-0.2, -0.15) is 14.4 Å². The van der Waals surface area contributed by atoms with E-state index in [0.29, 0.717) is 12.8 Å². The second-order valence-electron chi connectivity index (χ2n) is 7.89. The highest BCUT2D eigenvalue weighted by Gasteiger charge is 2.52. The Morgan fingerprint density at radius 3 is 2.67 bits per heavy atom. The Labute approximate surface area is 191 Å². The van der Waals surface area contributed by atoms with Crippen LogP contribution in [0.4, 0.5) is 10.2 Å². The van der Waals surface area contributed by atoms with Crippen LogP contribution in [-0.2, 0) is 23.8 Å². The van der Waals surface area contributed by atoms with Crippen LogP contribution in [-0.4, -0.2) is 49.8 Å². The van der Waals surface area contributed by atoms with Gasteiger partial charge in [0.15, 0.2) is 17.0 Å². The molecule has 1 unspecified atom stereocenters. The minimum atomic E-state index is -1.53. The van der Waals surface area contributed by atoms with E-state index in [-0.39, 0.29) is 42.9 Å². The number of carbonyl (C=O) groups is 2. The zero-order valence-electron chi connectivity index (χ0n) is 18.8. The summed E-state index contributed by atoms with van der Waals surface area (Å²) in [5.74, 6) is 1.54. The van der Waals surface area contributed by atoms with Crippen molar-refractivity contribution in [2.24, 2.45) is 0 Å². The third kappa shape index (κ3) is 5.39. The van der Waals surface area contributed by atoms with Crippen LogP contribution in [0.2, 0.25) is 0 Å². The molecule has 1 saturated heterocycles. The fourth-order valence-electron chi connectivity index (χ4n) is 3.59. The van der Waals surface area contributed by atoms with Crippen molar-refractivity contribution in [2.45, 2.75) is 76.7 Å². The van der Waals surface area contributed by atoms with Crippen LogP contribution in [0.15, 0.2) is 6.33 Å². The second-order valence-corrected chi connectivity index (χ2v) is 7.89. The largest absolute Gasteiger partial charge is 0.461 e. The summed E-state index contributed by atoms with van der Waals surface area (Å²) in [6.07, 6.45) is 8.00. The van der Waals surface area contributed by atoms with Crippen molar-refractivity contribution in [1.29, 1.82) is 0 Å². The first-order chi connectivity index (χ1) is 15.8. The molecule has 178 valence electrons. The predicted molar refractivity (Wildman–Crippen MR) is 116 cm³/mol. The minimum absolute atomic E-state index is 0.105. The number of carbonyl (C=O) groups excluding carboxylic acids is 2. The number of hydrogen-bond donors (Lipinski definition) is 1. The quantitative estimate of drug-likeness (QED) is 0.322. The van der Waals surface area contributed by atoms with Crippen LogP contribution in [0.1, 0.15) is 65.0 Å². The molecule has 33 heavy (non-hydrogen) atoms. The smallest absolute Gasteiger partial charge is 0.312 e. The van der Waals surface area contributed by atoms with Crippen LogP contribution in [0, 0.1) is 18.4 Å². The molecule has 2 N–H and O–H groups in total. The van der Waals surface area contributed by atoms with Crippen LogP contribution < -0.4 is 5.73 Å². The number of ether oxygens (including phenoxy) is 3. The van der Waals surface area contributed by atoms with E-state index in [1.54, 1.807) is 0 Å². The maximum absolute atomic E-state index is 13.8. The van der Waals surface area contributed by atoms with Crippen LogP contribution in [0.25, 0.3) is 11.2 Å². The van der Waals surface area contributed by atoms with Gasteiger partial charge in [0.1, 0.15) is 18.9 Å². The summed E-state index contributed by atoms with van der Waals surface area (Å²) in [7, 11) is 0. The molecule has 0 bridgehead atoms. The van der Waals surface area contributed by atoms with E-state index in [0.717, 1.165) is 12.8 Å². The monoisotopic (exact) mass is 461 g/mol. The number of imidazole rings is 1. The van der Waals surface area contributed by atoms with Gasteiger partial charge in [-0.05, 0) is 12.8 Å². The SMILES string of the molecule is C#CC1(COC(=O)CCCC)O[C@@H](n2cnc3c(N)nc(F)nc32)C[C@@H]1OC(=O)CCCC. The van der Waals surface area contributed by atoms with E-state index in [1.165, 1.54) is 10.9 Å². The molecule has 0 saturated carbocycles. The molecule has 2 aromatic heterocycles. The Hall–Kier alpha value is -3.26. The number of hydrogen-bond acceptors (Lipinski definition) is 9. The van der Waals surface area contributed by atoms with Crippen molar-refractivity contribution in [2.75, 3.05) is 12.3 Å². The third-order valence-electron chi connectivity index (χ3n) is 5.45. The van der Waals surface area contributed by atoms with Crippen molar-refractivity contribution in [3.05, 3.63) is 12.4 Å². The van der Waals surface area contributed by atoms with Crippen molar-refractivity contribution in [3.63, 3.8) is 0 Å². The highest BCUT2D eigenvalue weighted by atomic mass is 19.1. The van der Waals surface area contributed by atoms with Gasteiger partial charge in [0.2, 0.25) is 5.60 Å². The first kappa shape index (κ1) is 24.4. The van der Waals surface area contributed by atoms with E-state index in [2.05, 4.69) is 20.9 Å². The molecule has 3 heterocycles. The Balaban J connectivity index is 1.88. The topological polar surface area (TPSA) is 131 Å². The van der Waals surface area contributed by atoms with Gasteiger partial charge in [0, 0.05) is 19.3 Å². The first-order valence-electron chi connectivity index (χ1n) is 11.0. The van der Waals surface area contributed by atoms with Crippen LogP contribution in [0.5, 0.6) is 0 Å². The number of aromatic nitrogens is 4. The number of rotatable bonds is 10. The molecule has 0 aliphatic carbocycles. The molecule has 0 spiro atoms. The molecular formula is C22H28FN5O5. The molecule has 0 radical (unpaired) electrons. The summed E-state index contributed by atoms with van der Waals surface area (Å²) in [5, 5.41) is 0. The molecule has 0 aromatic carbocycles. The number of unbranched alkanes of at least 4 members (excludes halogenated alkanes) is 2. The lowest BCUT2D eigenvalue weighted by atomic mass is 9.98. The predicted octanol–water partition coefficient (Wildman–Crippen LogP) is 2.67. The summed E-state index contributed by atoms with van der Waals surface area (Å²) in [6.45, 7) is 3.62. The van der Waals surface area contributed by atoms with Gasteiger partial charge in [-0.3, -0.25) is 14.2 Å². The van der Waals surface area contributed by atoms with Crippen molar-refractivity contribution < 1.29 is 28.2 Å². The maximum Gasteiger partial charge on any atom is 0.312 e. The Morgan fingerprint density at radius 1 is 1.30 bits per heavy atom. The fourth-order valence-corrected chi connectivity index (χ4v) is 3.59. The molecule has 1 aliphatic heterocycles. The zero-order valence-corrected chi connectivity index (χ0v) is 18.8. The molecule has 1 fully saturated rings. The van der Waals surface area contributed by atoms with Gasteiger partial charge in [-0.25, -0.2) is 4.98 Å². The van der Waals surface area contributed by atoms with Crippen LogP contribution >= 0.6 is 0 Å². The fraction of sp³-hybridized carbons (Fsp3) is 0.591.